The Labute approximate surface area is 121 Å². The normalized spacial score (nSPS) is 13.0. The summed E-state index contributed by atoms with van der Waals surface area (Å²) in [7, 11) is 0. The van der Waals surface area contributed by atoms with Gasteiger partial charge in [0.1, 0.15) is 5.75 Å². The van der Waals surface area contributed by atoms with Crippen LogP contribution in [0.15, 0.2) is 42.6 Å². The van der Waals surface area contributed by atoms with E-state index < -0.39 is 0 Å². The van der Waals surface area contributed by atoms with Crippen LogP contribution in [-0.2, 0) is 6.42 Å². The van der Waals surface area contributed by atoms with Crippen molar-refractivity contribution in [2.24, 2.45) is 0 Å². The molecular formula is C16H14N4O. The number of hydrogen-bond acceptors (Lipinski definition) is 4. The molecule has 0 bridgehead atoms. The summed E-state index contributed by atoms with van der Waals surface area (Å²) in [6, 6.07) is 11.9. The molecule has 3 heterocycles. The van der Waals surface area contributed by atoms with Crippen molar-refractivity contribution in [2.45, 2.75) is 6.42 Å². The number of aromatic nitrogens is 3. The average molecular weight is 278 g/mol. The molecule has 0 aliphatic carbocycles. The lowest BCUT2D eigenvalue weighted by Gasteiger charge is -2.06. The van der Waals surface area contributed by atoms with Gasteiger partial charge in [-0.2, -0.15) is 5.10 Å². The van der Waals surface area contributed by atoms with Crippen LogP contribution in [-0.4, -0.2) is 21.8 Å². The Morgan fingerprint density at radius 1 is 1.19 bits per heavy atom. The van der Waals surface area contributed by atoms with Gasteiger partial charge in [0.2, 0.25) is 0 Å². The molecule has 2 aromatic heterocycles. The molecule has 0 atom stereocenters. The van der Waals surface area contributed by atoms with Crippen molar-refractivity contribution in [1.82, 2.24) is 15.2 Å². The van der Waals surface area contributed by atoms with E-state index in [2.05, 4.69) is 21.2 Å². The predicted octanol–water partition coefficient (Wildman–Crippen LogP) is 2.66. The highest BCUT2D eigenvalue weighted by atomic mass is 16.5. The number of ether oxygens (including phenoxy) is 1. The Balaban J connectivity index is 1.87. The number of rotatable bonds is 2. The first-order valence-electron chi connectivity index (χ1n) is 6.84. The lowest BCUT2D eigenvalue weighted by atomic mass is 10.0. The van der Waals surface area contributed by atoms with Crippen molar-refractivity contribution >= 4 is 5.82 Å². The quantitative estimate of drug-likeness (QED) is 0.755. The van der Waals surface area contributed by atoms with Gasteiger partial charge in [-0.15, -0.1) is 0 Å². The average Bonchev–Trinajstić information content (AvgIpc) is 3.13. The third-order valence-corrected chi connectivity index (χ3v) is 3.69. The van der Waals surface area contributed by atoms with E-state index in [9.17, 15) is 0 Å². The minimum Gasteiger partial charge on any atom is -0.493 e. The molecule has 0 amide bonds. The van der Waals surface area contributed by atoms with Gasteiger partial charge in [-0.05, 0) is 35.9 Å². The predicted molar refractivity (Wildman–Crippen MR) is 80.9 cm³/mol. The minimum atomic E-state index is 0.459. The minimum absolute atomic E-state index is 0.459. The first-order valence-corrected chi connectivity index (χ1v) is 6.84. The van der Waals surface area contributed by atoms with Gasteiger partial charge in [0.25, 0.3) is 0 Å². The molecule has 0 spiro atoms. The van der Waals surface area contributed by atoms with E-state index >= 15 is 0 Å². The fourth-order valence-electron chi connectivity index (χ4n) is 2.68. The zero-order valence-corrected chi connectivity index (χ0v) is 11.3. The smallest absolute Gasteiger partial charge is 0.155 e. The molecule has 5 nitrogen and oxygen atoms in total. The number of anilines is 1. The zero-order valence-electron chi connectivity index (χ0n) is 11.3. The fraction of sp³-hybridized carbons (Fsp3) is 0.125. The van der Waals surface area contributed by atoms with Crippen molar-refractivity contribution in [3.63, 3.8) is 0 Å². The lowest BCUT2D eigenvalue weighted by molar-refractivity contribution is 0.357. The second-order valence-electron chi connectivity index (χ2n) is 4.99. The zero-order chi connectivity index (χ0) is 14.2. The summed E-state index contributed by atoms with van der Waals surface area (Å²) >= 11 is 0. The molecule has 0 saturated carbocycles. The number of nitrogens with two attached hydrogens (primary N) is 1. The van der Waals surface area contributed by atoms with Gasteiger partial charge in [-0.1, -0.05) is 6.07 Å². The lowest BCUT2D eigenvalue weighted by Crippen LogP contribution is -1.91. The number of nitrogens with one attached hydrogen (secondary N) is 1. The van der Waals surface area contributed by atoms with Gasteiger partial charge in [0.05, 0.1) is 23.6 Å². The second kappa shape index (κ2) is 4.63. The maximum Gasteiger partial charge on any atom is 0.155 e. The number of aromatic amines is 1. The summed E-state index contributed by atoms with van der Waals surface area (Å²) < 4.78 is 5.55. The van der Waals surface area contributed by atoms with E-state index in [1.54, 1.807) is 6.20 Å². The molecule has 1 aliphatic rings. The molecule has 0 saturated heterocycles. The highest BCUT2D eigenvalue weighted by molar-refractivity contribution is 5.86. The number of nitrogen functional groups attached to an aromatic ring is 1. The van der Waals surface area contributed by atoms with Crippen molar-refractivity contribution < 1.29 is 4.74 Å². The third kappa shape index (κ3) is 1.94. The number of benzene rings is 1. The molecule has 0 radical (unpaired) electrons. The highest BCUT2D eigenvalue weighted by Crippen LogP contribution is 2.36. The Morgan fingerprint density at radius 3 is 3.00 bits per heavy atom. The van der Waals surface area contributed by atoms with Gasteiger partial charge < -0.3 is 10.5 Å². The van der Waals surface area contributed by atoms with E-state index in [1.165, 1.54) is 5.56 Å². The van der Waals surface area contributed by atoms with E-state index in [4.69, 9.17) is 10.5 Å². The van der Waals surface area contributed by atoms with Gasteiger partial charge in [0, 0.05) is 18.2 Å². The number of H-pyrrole nitrogens is 1. The first kappa shape index (κ1) is 12.0. The van der Waals surface area contributed by atoms with Crippen molar-refractivity contribution in [1.29, 1.82) is 0 Å². The standard InChI is InChI=1S/C16H14N4O/c17-16-14(12-3-1-2-7-18-12)15(19-20-16)11-4-5-13-10(9-11)6-8-21-13/h1-5,7,9H,6,8H2,(H3,17,19,20). The maximum atomic E-state index is 6.02. The molecule has 5 heteroatoms. The van der Waals surface area contributed by atoms with Crippen LogP contribution in [0, 0.1) is 0 Å². The Bertz CT molecular complexity index is 795. The molecule has 0 unspecified atom stereocenters. The van der Waals surface area contributed by atoms with Gasteiger partial charge in [0.15, 0.2) is 5.82 Å². The molecule has 0 fully saturated rings. The van der Waals surface area contributed by atoms with Crippen molar-refractivity contribution in [2.75, 3.05) is 12.3 Å². The summed E-state index contributed by atoms with van der Waals surface area (Å²) in [5.41, 5.74) is 10.8. The first-order chi connectivity index (χ1) is 10.3. The second-order valence-corrected chi connectivity index (χ2v) is 4.99. The third-order valence-electron chi connectivity index (χ3n) is 3.69. The number of pyridine rings is 1. The van der Waals surface area contributed by atoms with Crippen LogP contribution >= 0.6 is 0 Å². The summed E-state index contributed by atoms with van der Waals surface area (Å²) in [4.78, 5) is 4.38. The number of nitrogens with zero attached hydrogens (tertiary/aromatic N) is 2. The van der Waals surface area contributed by atoms with Crippen LogP contribution in [0.1, 0.15) is 5.56 Å². The Hall–Kier alpha value is -2.82. The summed E-state index contributed by atoms with van der Waals surface area (Å²) in [5.74, 6) is 1.42. The molecule has 3 aromatic rings. The summed E-state index contributed by atoms with van der Waals surface area (Å²) in [5, 5.41) is 7.17. The van der Waals surface area contributed by atoms with Gasteiger partial charge in [-0.3, -0.25) is 10.1 Å². The van der Waals surface area contributed by atoms with Crippen LogP contribution in [0.25, 0.3) is 22.5 Å². The van der Waals surface area contributed by atoms with Gasteiger partial charge >= 0.3 is 0 Å². The molecule has 4 rings (SSSR count). The van der Waals surface area contributed by atoms with Crippen LogP contribution in [0.4, 0.5) is 5.82 Å². The van der Waals surface area contributed by atoms with Crippen LogP contribution in [0.2, 0.25) is 0 Å². The van der Waals surface area contributed by atoms with E-state index in [0.717, 1.165) is 41.3 Å². The fourth-order valence-corrected chi connectivity index (χ4v) is 2.68. The molecule has 1 aliphatic heterocycles. The molecule has 104 valence electrons. The van der Waals surface area contributed by atoms with E-state index in [-0.39, 0.29) is 0 Å². The SMILES string of the molecule is Nc1n[nH]c(-c2ccc3c(c2)CCO3)c1-c1ccccn1. The monoisotopic (exact) mass is 278 g/mol. The molecule has 3 N–H and O–H groups in total. The topological polar surface area (TPSA) is 76.8 Å². The van der Waals surface area contributed by atoms with Crippen molar-refractivity contribution in [3.8, 4) is 28.3 Å². The Kier molecular flexibility index (Phi) is 2.64. The molecule has 21 heavy (non-hydrogen) atoms. The highest BCUT2D eigenvalue weighted by Gasteiger charge is 2.18. The van der Waals surface area contributed by atoms with E-state index in [1.807, 2.05) is 30.3 Å². The summed E-state index contributed by atoms with van der Waals surface area (Å²) in [6.45, 7) is 0.747. The van der Waals surface area contributed by atoms with Crippen LogP contribution in [0.3, 0.4) is 0 Å². The van der Waals surface area contributed by atoms with Crippen LogP contribution < -0.4 is 10.5 Å². The molecular weight excluding hydrogens is 264 g/mol. The maximum absolute atomic E-state index is 6.02. The Morgan fingerprint density at radius 2 is 2.14 bits per heavy atom. The molecule has 1 aromatic carbocycles. The number of fused-ring (bicyclic) bond motifs is 1. The van der Waals surface area contributed by atoms with E-state index in [0.29, 0.717) is 5.82 Å². The van der Waals surface area contributed by atoms with Gasteiger partial charge in [-0.25, -0.2) is 0 Å². The summed E-state index contributed by atoms with van der Waals surface area (Å²) in [6.07, 6.45) is 2.69. The van der Waals surface area contributed by atoms with Crippen molar-refractivity contribution in [3.05, 3.63) is 48.2 Å². The largest absolute Gasteiger partial charge is 0.493 e. The number of hydrogen-bond donors (Lipinski definition) is 2. The van der Waals surface area contributed by atoms with Crippen LogP contribution in [0.5, 0.6) is 5.75 Å².